The van der Waals surface area contributed by atoms with Crippen LogP contribution in [-0.2, 0) is 0 Å². The molecule has 0 aliphatic heterocycles. The van der Waals surface area contributed by atoms with E-state index >= 15 is 0 Å². The largest absolute Gasteiger partial charge is 0.314 e. The number of halogens is 2. The second kappa shape index (κ2) is 9.76. The molecule has 0 aromatic heterocycles. The minimum Gasteiger partial charge on any atom is -0.314 e. The van der Waals surface area contributed by atoms with Gasteiger partial charge in [-0.3, -0.25) is 0 Å². The lowest BCUT2D eigenvalue weighted by Gasteiger charge is -2.36. The van der Waals surface area contributed by atoms with Gasteiger partial charge in [-0.15, -0.1) is 0 Å². The summed E-state index contributed by atoms with van der Waals surface area (Å²) >= 11 is 0. The first-order valence-electron chi connectivity index (χ1n) is 9.13. The Morgan fingerprint density at radius 1 is 1.10 bits per heavy atom. The van der Waals surface area contributed by atoms with Crippen LogP contribution in [0.3, 0.4) is 0 Å². The average Bonchev–Trinajstić information content (AvgIpc) is 2.47. The molecule has 1 N–H and O–H groups in total. The molecule has 1 aliphatic rings. The van der Waals surface area contributed by atoms with Crippen molar-refractivity contribution in [2.45, 2.75) is 96.9 Å². The zero-order chi connectivity index (χ0) is 15.7. The van der Waals surface area contributed by atoms with E-state index in [1.807, 2.05) is 0 Å². The Morgan fingerprint density at radius 2 is 1.76 bits per heavy atom. The van der Waals surface area contributed by atoms with Crippen LogP contribution in [-0.4, -0.2) is 18.5 Å². The van der Waals surface area contributed by atoms with E-state index in [-0.39, 0.29) is 12.8 Å². The first-order valence-corrected chi connectivity index (χ1v) is 9.13. The highest BCUT2D eigenvalue weighted by Crippen LogP contribution is 2.39. The third kappa shape index (κ3) is 7.08. The monoisotopic (exact) mass is 303 g/mol. The highest BCUT2D eigenvalue weighted by atomic mass is 19.3. The summed E-state index contributed by atoms with van der Waals surface area (Å²) in [5, 5.41) is 3.66. The predicted octanol–water partition coefficient (Wildman–Crippen LogP) is 5.79. The van der Waals surface area contributed by atoms with Crippen molar-refractivity contribution in [2.75, 3.05) is 6.54 Å². The number of rotatable bonds is 10. The van der Waals surface area contributed by atoms with Crippen molar-refractivity contribution in [1.82, 2.24) is 5.32 Å². The predicted molar refractivity (Wildman–Crippen MR) is 86.9 cm³/mol. The summed E-state index contributed by atoms with van der Waals surface area (Å²) in [6.07, 6.45) is 8.91. The van der Waals surface area contributed by atoms with Gasteiger partial charge in [0.15, 0.2) is 0 Å². The lowest BCUT2D eigenvalue weighted by Crippen LogP contribution is -2.41. The van der Waals surface area contributed by atoms with E-state index in [1.54, 1.807) is 0 Å². The molecule has 1 aliphatic carbocycles. The van der Waals surface area contributed by atoms with Crippen molar-refractivity contribution in [1.29, 1.82) is 0 Å². The number of hydrogen-bond acceptors (Lipinski definition) is 1. The molecule has 0 saturated heterocycles. The van der Waals surface area contributed by atoms with Crippen LogP contribution >= 0.6 is 0 Å². The van der Waals surface area contributed by atoms with Gasteiger partial charge in [0.2, 0.25) is 5.92 Å². The van der Waals surface area contributed by atoms with E-state index < -0.39 is 5.92 Å². The lowest BCUT2D eigenvalue weighted by atomic mass is 9.78. The highest BCUT2D eigenvalue weighted by Gasteiger charge is 2.37. The molecule has 1 rings (SSSR count). The summed E-state index contributed by atoms with van der Waals surface area (Å²) < 4.78 is 26.7. The lowest BCUT2D eigenvalue weighted by molar-refractivity contribution is -0.0504. The van der Waals surface area contributed by atoms with Crippen molar-refractivity contribution in [3.8, 4) is 0 Å². The first kappa shape index (κ1) is 18.9. The van der Waals surface area contributed by atoms with Crippen LogP contribution in [0, 0.1) is 11.8 Å². The molecule has 0 aromatic rings. The zero-order valence-electron chi connectivity index (χ0n) is 14.3. The molecule has 0 spiro atoms. The van der Waals surface area contributed by atoms with Crippen LogP contribution in [0.15, 0.2) is 0 Å². The molecule has 21 heavy (non-hydrogen) atoms. The molecule has 0 amide bonds. The molecule has 126 valence electrons. The van der Waals surface area contributed by atoms with E-state index in [9.17, 15) is 8.78 Å². The van der Waals surface area contributed by atoms with Crippen molar-refractivity contribution < 1.29 is 8.78 Å². The molecule has 0 aromatic carbocycles. The second-order valence-electron chi connectivity index (χ2n) is 6.91. The van der Waals surface area contributed by atoms with Gasteiger partial charge >= 0.3 is 0 Å². The average molecular weight is 303 g/mol. The molecular formula is C18H35F2N. The Morgan fingerprint density at radius 3 is 2.29 bits per heavy atom. The van der Waals surface area contributed by atoms with Gasteiger partial charge in [0.05, 0.1) is 0 Å². The summed E-state index contributed by atoms with van der Waals surface area (Å²) in [5.74, 6) is -1.20. The van der Waals surface area contributed by atoms with Crippen LogP contribution in [0.4, 0.5) is 8.78 Å². The van der Waals surface area contributed by atoms with Gasteiger partial charge in [0.25, 0.3) is 0 Å². The maximum atomic E-state index is 13.4. The molecule has 0 bridgehead atoms. The van der Waals surface area contributed by atoms with Crippen molar-refractivity contribution >= 4 is 0 Å². The van der Waals surface area contributed by atoms with Crippen molar-refractivity contribution in [3.63, 3.8) is 0 Å². The summed E-state index contributed by atoms with van der Waals surface area (Å²) in [6, 6.07) is 0.447. The molecule has 2 unspecified atom stereocenters. The summed E-state index contributed by atoms with van der Waals surface area (Å²) in [5.41, 5.74) is 0. The van der Waals surface area contributed by atoms with Crippen molar-refractivity contribution in [2.24, 2.45) is 11.8 Å². The minimum atomic E-state index is -2.40. The Kier molecular flexibility index (Phi) is 8.77. The summed E-state index contributed by atoms with van der Waals surface area (Å²) in [4.78, 5) is 0. The molecule has 0 radical (unpaired) electrons. The van der Waals surface area contributed by atoms with E-state index in [0.717, 1.165) is 18.9 Å². The number of alkyl halides is 2. The van der Waals surface area contributed by atoms with Crippen LogP contribution in [0.1, 0.15) is 85.0 Å². The van der Waals surface area contributed by atoms with Gasteiger partial charge in [-0.25, -0.2) is 8.78 Å². The number of hydrogen-bond donors (Lipinski definition) is 1. The first-order chi connectivity index (χ1) is 10.0. The van der Waals surface area contributed by atoms with Gasteiger partial charge in [-0.1, -0.05) is 46.5 Å². The van der Waals surface area contributed by atoms with Crippen LogP contribution in [0.2, 0.25) is 0 Å². The second-order valence-corrected chi connectivity index (χ2v) is 6.91. The van der Waals surface area contributed by atoms with Crippen molar-refractivity contribution in [3.05, 3.63) is 0 Å². The SMILES string of the molecule is CCCCC(CC)CC(NCCC)C1CCC(F)(F)CC1. The quantitative estimate of drug-likeness (QED) is 0.539. The van der Waals surface area contributed by atoms with Gasteiger partial charge in [0.1, 0.15) is 0 Å². The fraction of sp³-hybridized carbons (Fsp3) is 1.00. The fourth-order valence-electron chi connectivity index (χ4n) is 3.58. The highest BCUT2D eigenvalue weighted by molar-refractivity contribution is 4.86. The topological polar surface area (TPSA) is 12.0 Å². The van der Waals surface area contributed by atoms with E-state index in [1.165, 1.54) is 32.1 Å². The van der Waals surface area contributed by atoms with E-state index in [0.29, 0.717) is 24.8 Å². The molecule has 1 saturated carbocycles. The minimum absolute atomic E-state index is 0.0910. The summed E-state index contributed by atoms with van der Waals surface area (Å²) in [6.45, 7) is 7.70. The fourth-order valence-corrected chi connectivity index (χ4v) is 3.58. The Hall–Kier alpha value is -0.180. The third-order valence-electron chi connectivity index (χ3n) is 5.12. The molecule has 1 fully saturated rings. The molecular weight excluding hydrogens is 268 g/mol. The van der Waals surface area contributed by atoms with Gasteiger partial charge in [0, 0.05) is 18.9 Å². The molecule has 0 heterocycles. The standard InChI is InChI=1S/C18H35F2N/c1-4-7-8-15(6-3)14-17(21-13-5-2)16-9-11-18(19,20)12-10-16/h15-17,21H,4-14H2,1-3H3. The Balaban J connectivity index is 2.53. The Labute approximate surface area is 130 Å². The maximum Gasteiger partial charge on any atom is 0.248 e. The smallest absolute Gasteiger partial charge is 0.248 e. The van der Waals surface area contributed by atoms with Gasteiger partial charge in [-0.05, 0) is 44.1 Å². The van der Waals surface area contributed by atoms with Crippen LogP contribution in [0.25, 0.3) is 0 Å². The maximum absolute atomic E-state index is 13.4. The summed E-state index contributed by atoms with van der Waals surface area (Å²) in [7, 11) is 0. The normalized spacial score (nSPS) is 22.1. The third-order valence-corrected chi connectivity index (χ3v) is 5.12. The van der Waals surface area contributed by atoms with Gasteiger partial charge in [-0.2, -0.15) is 0 Å². The number of nitrogens with one attached hydrogen (secondary N) is 1. The molecule has 1 nitrogen and oxygen atoms in total. The molecule has 2 atom stereocenters. The Bertz CT molecular complexity index is 258. The van der Waals surface area contributed by atoms with Crippen LogP contribution in [0.5, 0.6) is 0 Å². The van der Waals surface area contributed by atoms with E-state index in [2.05, 4.69) is 26.1 Å². The van der Waals surface area contributed by atoms with Gasteiger partial charge < -0.3 is 5.32 Å². The molecule has 3 heteroatoms. The van der Waals surface area contributed by atoms with Crippen LogP contribution < -0.4 is 5.32 Å². The zero-order valence-corrected chi connectivity index (χ0v) is 14.3. The number of unbranched alkanes of at least 4 members (excludes halogenated alkanes) is 1. The van der Waals surface area contributed by atoms with E-state index in [4.69, 9.17) is 0 Å².